The largest absolute Gasteiger partial charge is 0.383 e. The molecule has 5 nitrogen and oxygen atoms in total. The molecule has 0 aromatic heterocycles. The average molecular weight is 307 g/mol. The molecule has 0 radical (unpaired) electrons. The van der Waals surface area contributed by atoms with E-state index in [0.29, 0.717) is 39.5 Å². The maximum absolute atomic E-state index is 12.6. The Hall–Kier alpha value is -1.43. The lowest BCUT2D eigenvalue weighted by molar-refractivity contribution is -0.159. The Morgan fingerprint density at radius 3 is 2.59 bits per heavy atom. The lowest BCUT2D eigenvalue weighted by atomic mass is 10.1. The number of carbonyl (C=O) groups excluding carboxylic acids is 1. The normalized spacial score (nSPS) is 18.2. The summed E-state index contributed by atoms with van der Waals surface area (Å²) in [7, 11) is 1.64. The second kappa shape index (κ2) is 8.88. The maximum atomic E-state index is 12.6. The van der Waals surface area contributed by atoms with Crippen LogP contribution in [0.2, 0.25) is 0 Å². The molecule has 0 bridgehead atoms. The van der Waals surface area contributed by atoms with E-state index in [1.54, 1.807) is 12.0 Å². The van der Waals surface area contributed by atoms with Gasteiger partial charge in [0.15, 0.2) is 6.10 Å². The smallest absolute Gasteiger partial charge is 0.254 e. The summed E-state index contributed by atoms with van der Waals surface area (Å²) in [6.07, 6.45) is 0.514. The molecule has 1 aromatic rings. The monoisotopic (exact) mass is 307 g/mol. The molecule has 1 amide bonds. The van der Waals surface area contributed by atoms with E-state index >= 15 is 0 Å². The van der Waals surface area contributed by atoms with Crippen LogP contribution < -0.4 is 0 Å². The van der Waals surface area contributed by atoms with Gasteiger partial charge >= 0.3 is 0 Å². The molecule has 0 spiro atoms. The third kappa shape index (κ3) is 4.80. The topological polar surface area (TPSA) is 48.0 Å². The van der Waals surface area contributed by atoms with Gasteiger partial charge in [0.2, 0.25) is 0 Å². The number of nitrogens with zero attached hydrogens (tertiary/aromatic N) is 1. The summed E-state index contributed by atoms with van der Waals surface area (Å²) >= 11 is 0. The minimum absolute atomic E-state index is 0.0312. The van der Waals surface area contributed by atoms with Crippen molar-refractivity contribution in [2.75, 3.05) is 40.1 Å². The zero-order valence-electron chi connectivity index (χ0n) is 13.4. The molecule has 1 aromatic carbocycles. The Morgan fingerprint density at radius 1 is 1.27 bits per heavy atom. The van der Waals surface area contributed by atoms with E-state index in [2.05, 4.69) is 31.2 Å². The van der Waals surface area contributed by atoms with E-state index in [9.17, 15) is 4.79 Å². The van der Waals surface area contributed by atoms with Gasteiger partial charge in [-0.05, 0) is 17.5 Å². The highest BCUT2D eigenvalue weighted by Gasteiger charge is 2.27. The summed E-state index contributed by atoms with van der Waals surface area (Å²) < 4.78 is 16.0. The van der Waals surface area contributed by atoms with E-state index in [1.165, 1.54) is 5.56 Å². The lowest BCUT2D eigenvalue weighted by Crippen LogP contribution is -2.46. The minimum Gasteiger partial charge on any atom is -0.383 e. The van der Waals surface area contributed by atoms with E-state index < -0.39 is 6.10 Å². The molecule has 0 aliphatic carbocycles. The number of aryl methyl sites for hydroxylation is 1. The van der Waals surface area contributed by atoms with Gasteiger partial charge in [0.1, 0.15) is 0 Å². The first-order chi connectivity index (χ1) is 10.7. The zero-order valence-corrected chi connectivity index (χ0v) is 13.4. The van der Waals surface area contributed by atoms with Crippen LogP contribution in [0.15, 0.2) is 24.3 Å². The van der Waals surface area contributed by atoms with Crippen molar-refractivity contribution >= 4 is 5.91 Å². The zero-order chi connectivity index (χ0) is 15.8. The van der Waals surface area contributed by atoms with Gasteiger partial charge < -0.3 is 19.1 Å². The quantitative estimate of drug-likeness (QED) is 0.768. The SMILES string of the molecule is CCc1ccc(CN(CCOC)C(=O)C2COCCO2)cc1. The summed E-state index contributed by atoms with van der Waals surface area (Å²) in [6.45, 7) is 5.10. The average Bonchev–Trinajstić information content (AvgIpc) is 2.59. The summed E-state index contributed by atoms with van der Waals surface area (Å²) in [6, 6.07) is 8.36. The number of hydrogen-bond donors (Lipinski definition) is 0. The van der Waals surface area contributed by atoms with Crippen molar-refractivity contribution in [3.05, 3.63) is 35.4 Å². The third-order valence-electron chi connectivity index (χ3n) is 3.77. The molecule has 0 N–H and O–H groups in total. The molecular weight excluding hydrogens is 282 g/mol. The number of carbonyl (C=O) groups is 1. The highest BCUT2D eigenvalue weighted by Crippen LogP contribution is 2.12. The van der Waals surface area contributed by atoms with Gasteiger partial charge in [-0.25, -0.2) is 0 Å². The number of methoxy groups -OCH3 is 1. The Morgan fingerprint density at radius 2 is 2.00 bits per heavy atom. The van der Waals surface area contributed by atoms with Crippen LogP contribution in [0.25, 0.3) is 0 Å². The summed E-state index contributed by atoms with van der Waals surface area (Å²) in [4.78, 5) is 14.4. The molecule has 0 saturated carbocycles. The minimum atomic E-state index is -0.500. The van der Waals surface area contributed by atoms with Crippen LogP contribution in [0.4, 0.5) is 0 Å². The van der Waals surface area contributed by atoms with Crippen LogP contribution in [0.1, 0.15) is 18.1 Å². The van der Waals surface area contributed by atoms with Gasteiger partial charge in [-0.2, -0.15) is 0 Å². The molecule has 1 atom stereocenters. The van der Waals surface area contributed by atoms with Gasteiger partial charge in [0.05, 0.1) is 26.4 Å². The van der Waals surface area contributed by atoms with Crippen LogP contribution in [0.3, 0.4) is 0 Å². The standard InChI is InChI=1S/C17H25NO4/c1-3-14-4-6-15(7-5-14)12-18(8-9-20-2)17(19)16-13-21-10-11-22-16/h4-7,16H,3,8-13H2,1-2H3. The molecule has 122 valence electrons. The van der Waals surface area contributed by atoms with Crippen LogP contribution in [-0.2, 0) is 32.0 Å². The molecule has 22 heavy (non-hydrogen) atoms. The fraction of sp³-hybridized carbons (Fsp3) is 0.588. The van der Waals surface area contributed by atoms with E-state index in [-0.39, 0.29) is 5.91 Å². The fourth-order valence-corrected chi connectivity index (χ4v) is 2.40. The number of benzene rings is 1. The van der Waals surface area contributed by atoms with E-state index in [1.807, 2.05) is 0 Å². The molecule has 1 fully saturated rings. The van der Waals surface area contributed by atoms with Crippen LogP contribution in [0, 0.1) is 0 Å². The molecule has 5 heteroatoms. The molecule has 1 heterocycles. The number of hydrogen-bond acceptors (Lipinski definition) is 4. The second-order valence-corrected chi connectivity index (χ2v) is 5.36. The van der Waals surface area contributed by atoms with Crippen molar-refractivity contribution < 1.29 is 19.0 Å². The summed E-state index contributed by atoms with van der Waals surface area (Å²) in [5.74, 6) is -0.0312. The van der Waals surface area contributed by atoms with Crippen LogP contribution in [0.5, 0.6) is 0 Å². The predicted molar refractivity (Wildman–Crippen MR) is 83.7 cm³/mol. The highest BCUT2D eigenvalue weighted by atomic mass is 16.6. The third-order valence-corrected chi connectivity index (χ3v) is 3.77. The van der Waals surface area contributed by atoms with Crippen molar-refractivity contribution in [3.63, 3.8) is 0 Å². The Labute approximate surface area is 132 Å². The first-order valence-corrected chi connectivity index (χ1v) is 7.79. The van der Waals surface area contributed by atoms with Crippen molar-refractivity contribution in [3.8, 4) is 0 Å². The number of ether oxygens (including phenoxy) is 3. The molecule has 1 saturated heterocycles. The van der Waals surface area contributed by atoms with Gasteiger partial charge in [-0.15, -0.1) is 0 Å². The lowest BCUT2D eigenvalue weighted by Gasteiger charge is -2.29. The van der Waals surface area contributed by atoms with E-state index in [0.717, 1.165) is 12.0 Å². The molecule has 1 unspecified atom stereocenters. The van der Waals surface area contributed by atoms with E-state index in [4.69, 9.17) is 14.2 Å². The van der Waals surface area contributed by atoms with Gasteiger partial charge in [-0.1, -0.05) is 31.2 Å². The predicted octanol–water partition coefficient (Wildman–Crippen LogP) is 1.64. The number of rotatable bonds is 7. The molecular formula is C17H25NO4. The first-order valence-electron chi connectivity index (χ1n) is 7.79. The van der Waals surface area contributed by atoms with Crippen molar-refractivity contribution in [2.24, 2.45) is 0 Å². The Bertz CT molecular complexity index is 454. The Balaban J connectivity index is 2.01. The number of amides is 1. The first kappa shape index (κ1) is 16.9. The van der Waals surface area contributed by atoms with Gasteiger partial charge in [0, 0.05) is 20.2 Å². The maximum Gasteiger partial charge on any atom is 0.254 e. The van der Waals surface area contributed by atoms with Gasteiger partial charge in [-0.3, -0.25) is 4.79 Å². The van der Waals surface area contributed by atoms with Crippen molar-refractivity contribution in [1.29, 1.82) is 0 Å². The highest BCUT2D eigenvalue weighted by molar-refractivity contribution is 5.81. The van der Waals surface area contributed by atoms with Crippen molar-refractivity contribution in [1.82, 2.24) is 4.90 Å². The summed E-state index contributed by atoms with van der Waals surface area (Å²) in [5, 5.41) is 0. The van der Waals surface area contributed by atoms with Crippen LogP contribution >= 0.6 is 0 Å². The van der Waals surface area contributed by atoms with Crippen molar-refractivity contribution in [2.45, 2.75) is 26.0 Å². The Kier molecular flexibility index (Phi) is 6.83. The molecule has 2 rings (SSSR count). The second-order valence-electron chi connectivity index (χ2n) is 5.36. The molecule has 1 aliphatic rings. The van der Waals surface area contributed by atoms with Gasteiger partial charge in [0.25, 0.3) is 5.91 Å². The molecule has 1 aliphatic heterocycles. The summed E-state index contributed by atoms with van der Waals surface area (Å²) in [5.41, 5.74) is 2.40. The fourth-order valence-electron chi connectivity index (χ4n) is 2.40. The van der Waals surface area contributed by atoms with Crippen LogP contribution in [-0.4, -0.2) is 57.0 Å².